The van der Waals surface area contributed by atoms with Gasteiger partial charge < -0.3 is 5.32 Å². The van der Waals surface area contributed by atoms with Crippen LogP contribution in [0.2, 0.25) is 0 Å². The molecule has 0 bridgehead atoms. The van der Waals surface area contributed by atoms with Crippen molar-refractivity contribution in [2.75, 3.05) is 12.0 Å². The number of nitrogens with one attached hydrogen (secondary N) is 1. The summed E-state index contributed by atoms with van der Waals surface area (Å²) >= 11 is 0. The molecule has 0 radical (unpaired) electrons. The molecule has 0 saturated heterocycles. The van der Waals surface area contributed by atoms with Crippen LogP contribution in [0.15, 0.2) is 24.3 Å². The summed E-state index contributed by atoms with van der Waals surface area (Å²) in [5.74, 6) is 0.976. The molecule has 100 valence electrons. The quantitative estimate of drug-likeness (QED) is 0.858. The van der Waals surface area contributed by atoms with Crippen molar-refractivity contribution in [3.8, 4) is 0 Å². The number of hydrogen-bond donors (Lipinski definition) is 1. The molecule has 0 heterocycles. The smallest absolute Gasteiger partial charge is 0.148 e. The first-order valence-corrected chi connectivity index (χ1v) is 8.50. The fourth-order valence-corrected chi connectivity index (χ4v) is 3.16. The van der Waals surface area contributed by atoms with Crippen molar-refractivity contribution < 1.29 is 8.42 Å². The van der Waals surface area contributed by atoms with Gasteiger partial charge >= 0.3 is 0 Å². The SMILES string of the molecule is CC(CS(C)(=O)=O)NCc1ccc(C2CC2)cc1. The Labute approximate surface area is 110 Å². The summed E-state index contributed by atoms with van der Waals surface area (Å²) in [6, 6.07) is 8.64. The third-order valence-electron chi connectivity index (χ3n) is 3.24. The van der Waals surface area contributed by atoms with Crippen LogP contribution in [0, 0.1) is 0 Å². The Morgan fingerprint density at radius 2 is 1.89 bits per heavy atom. The number of benzene rings is 1. The molecule has 4 heteroatoms. The minimum absolute atomic E-state index is 0.0110. The zero-order chi connectivity index (χ0) is 13.2. The second-order valence-electron chi connectivity index (χ2n) is 5.39. The van der Waals surface area contributed by atoms with Crippen LogP contribution in [0.25, 0.3) is 0 Å². The molecule has 0 aromatic heterocycles. The molecule has 2 rings (SSSR count). The number of hydrogen-bond acceptors (Lipinski definition) is 3. The largest absolute Gasteiger partial charge is 0.309 e. The van der Waals surface area contributed by atoms with Gasteiger partial charge in [-0.15, -0.1) is 0 Å². The average molecular weight is 267 g/mol. The predicted octanol–water partition coefficient (Wildman–Crippen LogP) is 2.09. The molecule has 1 aliphatic carbocycles. The molecule has 0 aliphatic heterocycles. The molecule has 1 aromatic rings. The zero-order valence-corrected chi connectivity index (χ0v) is 11.8. The highest BCUT2D eigenvalue weighted by Gasteiger charge is 2.22. The monoisotopic (exact) mass is 267 g/mol. The molecule has 1 unspecified atom stereocenters. The second kappa shape index (κ2) is 5.41. The standard InChI is InChI=1S/C14H21NO2S/c1-11(10-18(2,16)17)15-9-12-3-5-13(6-4-12)14-7-8-14/h3-6,11,14-15H,7-10H2,1-2H3. The first kappa shape index (κ1) is 13.6. The Bertz CT molecular complexity index is 489. The van der Waals surface area contributed by atoms with E-state index < -0.39 is 9.84 Å². The third-order valence-corrected chi connectivity index (χ3v) is 4.34. The summed E-state index contributed by atoms with van der Waals surface area (Å²) in [5.41, 5.74) is 2.64. The first-order valence-electron chi connectivity index (χ1n) is 6.44. The van der Waals surface area contributed by atoms with Gasteiger partial charge in [0, 0.05) is 18.8 Å². The lowest BCUT2D eigenvalue weighted by atomic mass is 10.1. The fraction of sp³-hybridized carbons (Fsp3) is 0.571. The molecule has 1 aromatic carbocycles. The second-order valence-corrected chi connectivity index (χ2v) is 7.58. The summed E-state index contributed by atoms with van der Waals surface area (Å²) in [6.07, 6.45) is 3.92. The van der Waals surface area contributed by atoms with Gasteiger partial charge in [-0.05, 0) is 36.8 Å². The van der Waals surface area contributed by atoms with E-state index in [9.17, 15) is 8.42 Å². The molecule has 1 saturated carbocycles. The van der Waals surface area contributed by atoms with Crippen LogP contribution in [-0.2, 0) is 16.4 Å². The Balaban J connectivity index is 1.82. The van der Waals surface area contributed by atoms with Crippen LogP contribution in [0.5, 0.6) is 0 Å². The molecule has 1 fully saturated rings. The molecular weight excluding hydrogens is 246 g/mol. The van der Waals surface area contributed by atoms with Crippen molar-refractivity contribution in [1.82, 2.24) is 5.32 Å². The fourth-order valence-electron chi connectivity index (χ4n) is 2.13. The first-order chi connectivity index (χ1) is 8.44. The molecular formula is C14H21NO2S. The van der Waals surface area contributed by atoms with Crippen molar-refractivity contribution in [2.45, 2.75) is 38.3 Å². The maximum Gasteiger partial charge on any atom is 0.148 e. The molecule has 3 nitrogen and oxygen atoms in total. The van der Waals surface area contributed by atoms with E-state index in [1.807, 2.05) is 6.92 Å². The van der Waals surface area contributed by atoms with Gasteiger partial charge in [0.15, 0.2) is 0 Å². The van der Waals surface area contributed by atoms with Crippen LogP contribution < -0.4 is 5.32 Å². The molecule has 0 spiro atoms. The third kappa shape index (κ3) is 4.42. The van der Waals surface area contributed by atoms with E-state index in [-0.39, 0.29) is 11.8 Å². The summed E-state index contributed by atoms with van der Waals surface area (Å²) in [4.78, 5) is 0. The van der Waals surface area contributed by atoms with Gasteiger partial charge in [-0.1, -0.05) is 24.3 Å². The number of rotatable bonds is 6. The highest BCUT2D eigenvalue weighted by atomic mass is 32.2. The topological polar surface area (TPSA) is 46.2 Å². The van der Waals surface area contributed by atoms with Crippen LogP contribution >= 0.6 is 0 Å². The highest BCUT2D eigenvalue weighted by molar-refractivity contribution is 7.90. The van der Waals surface area contributed by atoms with Crippen molar-refractivity contribution in [3.05, 3.63) is 35.4 Å². The lowest BCUT2D eigenvalue weighted by Gasteiger charge is -2.12. The maximum atomic E-state index is 11.1. The van der Waals surface area contributed by atoms with Gasteiger partial charge in [0.2, 0.25) is 0 Å². The van der Waals surface area contributed by atoms with Crippen LogP contribution in [0.1, 0.15) is 36.8 Å². The van der Waals surface area contributed by atoms with Crippen LogP contribution in [-0.4, -0.2) is 26.5 Å². The Morgan fingerprint density at radius 3 is 2.39 bits per heavy atom. The Kier molecular flexibility index (Phi) is 4.07. The van der Waals surface area contributed by atoms with Crippen molar-refractivity contribution >= 4 is 9.84 Å². The Morgan fingerprint density at radius 1 is 1.28 bits per heavy atom. The van der Waals surface area contributed by atoms with E-state index in [2.05, 4.69) is 29.6 Å². The summed E-state index contributed by atoms with van der Waals surface area (Å²) in [7, 11) is -2.90. The van der Waals surface area contributed by atoms with E-state index in [1.54, 1.807) is 0 Å². The van der Waals surface area contributed by atoms with Crippen molar-refractivity contribution in [3.63, 3.8) is 0 Å². The Hall–Kier alpha value is -0.870. The minimum atomic E-state index is -2.90. The summed E-state index contributed by atoms with van der Waals surface area (Å²) in [6.45, 7) is 2.63. The predicted molar refractivity (Wildman–Crippen MR) is 74.4 cm³/mol. The summed E-state index contributed by atoms with van der Waals surface area (Å²) < 4.78 is 22.3. The van der Waals surface area contributed by atoms with Gasteiger partial charge in [-0.25, -0.2) is 8.42 Å². The minimum Gasteiger partial charge on any atom is -0.309 e. The maximum absolute atomic E-state index is 11.1. The average Bonchev–Trinajstić information content (AvgIpc) is 3.08. The van der Waals surface area contributed by atoms with E-state index in [4.69, 9.17) is 0 Å². The van der Waals surface area contributed by atoms with E-state index >= 15 is 0 Å². The lowest BCUT2D eigenvalue weighted by molar-refractivity contribution is 0.560. The lowest BCUT2D eigenvalue weighted by Crippen LogP contribution is -2.32. The molecule has 1 aliphatic rings. The highest BCUT2D eigenvalue weighted by Crippen LogP contribution is 2.39. The van der Waals surface area contributed by atoms with E-state index in [0.29, 0.717) is 0 Å². The van der Waals surface area contributed by atoms with Crippen LogP contribution in [0.3, 0.4) is 0 Å². The van der Waals surface area contributed by atoms with Crippen molar-refractivity contribution in [1.29, 1.82) is 0 Å². The van der Waals surface area contributed by atoms with Crippen LogP contribution in [0.4, 0.5) is 0 Å². The molecule has 0 amide bonds. The van der Waals surface area contributed by atoms with Gasteiger partial charge in [0.25, 0.3) is 0 Å². The van der Waals surface area contributed by atoms with Gasteiger partial charge in [0.05, 0.1) is 5.75 Å². The normalized spacial score (nSPS) is 17.7. The summed E-state index contributed by atoms with van der Waals surface area (Å²) in [5, 5.41) is 3.24. The van der Waals surface area contributed by atoms with Crippen molar-refractivity contribution in [2.24, 2.45) is 0 Å². The molecule has 1 atom stereocenters. The van der Waals surface area contributed by atoms with E-state index in [1.165, 1.54) is 30.2 Å². The van der Waals surface area contributed by atoms with E-state index in [0.717, 1.165) is 12.5 Å². The van der Waals surface area contributed by atoms with Gasteiger partial charge in [-0.2, -0.15) is 0 Å². The molecule has 1 N–H and O–H groups in total. The zero-order valence-electron chi connectivity index (χ0n) is 11.0. The van der Waals surface area contributed by atoms with Gasteiger partial charge in [-0.3, -0.25) is 0 Å². The van der Waals surface area contributed by atoms with Gasteiger partial charge in [0.1, 0.15) is 9.84 Å². The molecule has 18 heavy (non-hydrogen) atoms. The number of sulfone groups is 1.